The fourth-order valence-corrected chi connectivity index (χ4v) is 2.15. The summed E-state index contributed by atoms with van der Waals surface area (Å²) >= 11 is 6.03. The number of ether oxygens (including phenoxy) is 2. The van der Waals surface area contributed by atoms with E-state index in [-0.39, 0.29) is 0 Å². The highest BCUT2D eigenvalue weighted by atomic mass is 35.5. The van der Waals surface area contributed by atoms with Crippen molar-refractivity contribution in [3.8, 4) is 22.6 Å². The zero-order chi connectivity index (χ0) is 13.8. The predicted molar refractivity (Wildman–Crippen MR) is 77.9 cm³/mol. The summed E-state index contributed by atoms with van der Waals surface area (Å²) in [5.74, 6) is 1.46. The zero-order valence-electron chi connectivity index (χ0n) is 10.9. The Morgan fingerprint density at radius 3 is 2.21 bits per heavy atom. The van der Waals surface area contributed by atoms with Crippen LogP contribution >= 0.6 is 11.6 Å². The third kappa shape index (κ3) is 2.83. The molecule has 0 fully saturated rings. The lowest BCUT2D eigenvalue weighted by atomic mass is 10.0. The summed E-state index contributed by atoms with van der Waals surface area (Å²) in [6.45, 7) is 0.432. The van der Waals surface area contributed by atoms with Crippen LogP contribution < -0.4 is 15.2 Å². The van der Waals surface area contributed by atoms with Gasteiger partial charge in [-0.05, 0) is 35.4 Å². The minimum absolute atomic E-state index is 0.432. The minimum atomic E-state index is 0.432. The van der Waals surface area contributed by atoms with Crippen LogP contribution in [0.2, 0.25) is 5.02 Å². The molecule has 2 rings (SSSR count). The standard InChI is InChI=1S/C15H16ClNO2/c1-18-14-6-4-10(7-12(14)9-17)11-3-5-13(16)15(8-11)19-2/h3-8H,9,17H2,1-2H3. The van der Waals surface area contributed by atoms with Crippen molar-refractivity contribution >= 4 is 11.6 Å². The van der Waals surface area contributed by atoms with E-state index in [1.54, 1.807) is 14.2 Å². The zero-order valence-corrected chi connectivity index (χ0v) is 11.7. The van der Waals surface area contributed by atoms with Gasteiger partial charge in [-0.15, -0.1) is 0 Å². The maximum atomic E-state index is 6.03. The minimum Gasteiger partial charge on any atom is -0.496 e. The highest BCUT2D eigenvalue weighted by Gasteiger charge is 2.07. The van der Waals surface area contributed by atoms with E-state index in [0.29, 0.717) is 17.3 Å². The number of halogens is 1. The van der Waals surface area contributed by atoms with Crippen molar-refractivity contribution in [3.05, 3.63) is 47.0 Å². The van der Waals surface area contributed by atoms with E-state index >= 15 is 0 Å². The number of hydrogen-bond acceptors (Lipinski definition) is 3. The normalized spacial score (nSPS) is 10.3. The Morgan fingerprint density at radius 2 is 1.58 bits per heavy atom. The molecule has 0 unspecified atom stereocenters. The number of rotatable bonds is 4. The largest absolute Gasteiger partial charge is 0.496 e. The van der Waals surface area contributed by atoms with Crippen molar-refractivity contribution < 1.29 is 9.47 Å². The van der Waals surface area contributed by atoms with Crippen molar-refractivity contribution in [2.24, 2.45) is 5.73 Å². The molecule has 2 N–H and O–H groups in total. The Hall–Kier alpha value is -1.71. The van der Waals surface area contributed by atoms with E-state index in [2.05, 4.69) is 0 Å². The lowest BCUT2D eigenvalue weighted by molar-refractivity contribution is 0.410. The van der Waals surface area contributed by atoms with Gasteiger partial charge in [-0.3, -0.25) is 0 Å². The van der Waals surface area contributed by atoms with Gasteiger partial charge in [0.05, 0.1) is 19.2 Å². The third-order valence-electron chi connectivity index (χ3n) is 2.98. The first-order valence-corrected chi connectivity index (χ1v) is 6.28. The van der Waals surface area contributed by atoms with Crippen LogP contribution in [0, 0.1) is 0 Å². The first-order valence-electron chi connectivity index (χ1n) is 5.90. The van der Waals surface area contributed by atoms with Crippen LogP contribution in [-0.2, 0) is 6.54 Å². The molecule has 0 aliphatic rings. The first kappa shape index (κ1) is 13.7. The number of benzene rings is 2. The molecule has 2 aromatic rings. The van der Waals surface area contributed by atoms with Crippen molar-refractivity contribution in [2.45, 2.75) is 6.54 Å². The Labute approximate surface area is 117 Å². The van der Waals surface area contributed by atoms with E-state index in [1.165, 1.54) is 0 Å². The molecular formula is C15H16ClNO2. The maximum Gasteiger partial charge on any atom is 0.138 e. The summed E-state index contributed by atoms with van der Waals surface area (Å²) in [6, 6.07) is 11.6. The second kappa shape index (κ2) is 5.95. The van der Waals surface area contributed by atoms with Crippen molar-refractivity contribution in [2.75, 3.05) is 14.2 Å². The highest BCUT2D eigenvalue weighted by molar-refractivity contribution is 6.32. The Balaban J connectivity index is 2.47. The van der Waals surface area contributed by atoms with Gasteiger partial charge in [0.15, 0.2) is 0 Å². The fourth-order valence-electron chi connectivity index (χ4n) is 1.96. The quantitative estimate of drug-likeness (QED) is 0.930. The fraction of sp³-hybridized carbons (Fsp3) is 0.200. The van der Waals surface area contributed by atoms with Crippen molar-refractivity contribution in [1.82, 2.24) is 0 Å². The van der Waals surface area contributed by atoms with Crippen LogP contribution in [0.1, 0.15) is 5.56 Å². The molecule has 0 aromatic heterocycles. The van der Waals surface area contributed by atoms with Gasteiger partial charge in [0.1, 0.15) is 11.5 Å². The summed E-state index contributed by atoms with van der Waals surface area (Å²) in [4.78, 5) is 0. The molecule has 0 saturated carbocycles. The van der Waals surface area contributed by atoms with E-state index < -0.39 is 0 Å². The van der Waals surface area contributed by atoms with Crippen LogP contribution in [0.5, 0.6) is 11.5 Å². The lowest BCUT2D eigenvalue weighted by Gasteiger charge is -2.11. The van der Waals surface area contributed by atoms with Gasteiger partial charge in [0.2, 0.25) is 0 Å². The average molecular weight is 278 g/mol. The van der Waals surface area contributed by atoms with Crippen LogP contribution in [0.3, 0.4) is 0 Å². The van der Waals surface area contributed by atoms with Gasteiger partial charge < -0.3 is 15.2 Å². The molecule has 0 spiro atoms. The molecule has 3 nitrogen and oxygen atoms in total. The number of nitrogens with two attached hydrogens (primary N) is 1. The van der Waals surface area contributed by atoms with Crippen LogP contribution in [0.15, 0.2) is 36.4 Å². The highest BCUT2D eigenvalue weighted by Crippen LogP contribution is 2.32. The second-order valence-corrected chi connectivity index (χ2v) is 4.49. The van der Waals surface area contributed by atoms with Crippen LogP contribution in [0.25, 0.3) is 11.1 Å². The van der Waals surface area contributed by atoms with Crippen LogP contribution in [-0.4, -0.2) is 14.2 Å². The molecule has 0 amide bonds. The number of hydrogen-bond donors (Lipinski definition) is 1. The SMILES string of the molecule is COc1cc(-c2ccc(OC)c(CN)c2)ccc1Cl. The average Bonchev–Trinajstić information content (AvgIpc) is 2.47. The van der Waals surface area contributed by atoms with E-state index in [1.807, 2.05) is 36.4 Å². The van der Waals surface area contributed by atoms with E-state index in [4.69, 9.17) is 26.8 Å². The Kier molecular flexibility index (Phi) is 4.30. The molecule has 0 atom stereocenters. The van der Waals surface area contributed by atoms with Gasteiger partial charge in [-0.2, -0.15) is 0 Å². The van der Waals surface area contributed by atoms with Gasteiger partial charge in [0.25, 0.3) is 0 Å². The molecule has 0 aliphatic carbocycles. The van der Waals surface area contributed by atoms with E-state index in [9.17, 15) is 0 Å². The molecule has 100 valence electrons. The number of methoxy groups -OCH3 is 2. The van der Waals surface area contributed by atoms with Gasteiger partial charge in [-0.25, -0.2) is 0 Å². The topological polar surface area (TPSA) is 44.5 Å². The summed E-state index contributed by atoms with van der Waals surface area (Å²) in [6.07, 6.45) is 0. The summed E-state index contributed by atoms with van der Waals surface area (Å²) in [5.41, 5.74) is 8.77. The summed E-state index contributed by atoms with van der Waals surface area (Å²) in [7, 11) is 3.24. The molecule has 0 aliphatic heterocycles. The third-order valence-corrected chi connectivity index (χ3v) is 3.30. The summed E-state index contributed by atoms with van der Waals surface area (Å²) in [5, 5.41) is 0.596. The van der Waals surface area contributed by atoms with Gasteiger partial charge in [-0.1, -0.05) is 23.7 Å². The predicted octanol–water partition coefficient (Wildman–Crippen LogP) is 3.48. The molecule has 19 heavy (non-hydrogen) atoms. The second-order valence-electron chi connectivity index (χ2n) is 4.08. The molecule has 0 radical (unpaired) electrons. The molecule has 4 heteroatoms. The Morgan fingerprint density at radius 1 is 0.947 bits per heavy atom. The molecule has 2 aromatic carbocycles. The molecule has 0 bridgehead atoms. The molecule has 0 heterocycles. The lowest BCUT2D eigenvalue weighted by Crippen LogP contribution is -2.00. The first-order chi connectivity index (χ1) is 9.19. The smallest absolute Gasteiger partial charge is 0.138 e. The van der Waals surface area contributed by atoms with Crippen LogP contribution in [0.4, 0.5) is 0 Å². The molecular weight excluding hydrogens is 262 g/mol. The van der Waals surface area contributed by atoms with Gasteiger partial charge >= 0.3 is 0 Å². The van der Waals surface area contributed by atoms with Crippen molar-refractivity contribution in [1.29, 1.82) is 0 Å². The maximum absolute atomic E-state index is 6.03. The monoisotopic (exact) mass is 277 g/mol. The Bertz CT molecular complexity index is 584. The molecule has 0 saturated heterocycles. The summed E-state index contributed by atoms with van der Waals surface area (Å²) < 4.78 is 10.5. The van der Waals surface area contributed by atoms with E-state index in [0.717, 1.165) is 22.4 Å². The van der Waals surface area contributed by atoms with Gasteiger partial charge in [0, 0.05) is 12.1 Å². The van der Waals surface area contributed by atoms with Crippen molar-refractivity contribution in [3.63, 3.8) is 0 Å².